The third-order valence-corrected chi connectivity index (χ3v) is 5.21. The Morgan fingerprint density at radius 3 is 2.42 bits per heavy atom. The van der Waals surface area contributed by atoms with Crippen molar-refractivity contribution < 1.29 is 27.4 Å². The van der Waals surface area contributed by atoms with Gasteiger partial charge in [0.05, 0.1) is 18.4 Å². The number of ether oxygens (including phenoxy) is 2. The second-order valence-corrected chi connectivity index (χ2v) is 7.76. The van der Waals surface area contributed by atoms with Crippen molar-refractivity contribution in [1.29, 1.82) is 0 Å². The van der Waals surface area contributed by atoms with E-state index in [4.69, 9.17) is 33.3 Å². The maximum Gasteiger partial charge on any atom is 0.416 e. The van der Waals surface area contributed by atoms with Crippen molar-refractivity contribution >= 4 is 57.6 Å². The molecule has 1 heterocycles. The molecular weight excluding hydrogens is 473 g/mol. The van der Waals surface area contributed by atoms with Gasteiger partial charge in [-0.05, 0) is 66.1 Å². The molecule has 162 valence electrons. The zero-order chi connectivity index (χ0) is 22.6. The summed E-state index contributed by atoms with van der Waals surface area (Å²) in [7, 11) is 1.22. The number of carbonyl (C=O) groups excluding carboxylic acids is 1. The van der Waals surface area contributed by atoms with Crippen LogP contribution in [-0.2, 0) is 10.9 Å². The Morgan fingerprint density at radius 2 is 1.77 bits per heavy atom. The molecule has 0 aliphatic rings. The summed E-state index contributed by atoms with van der Waals surface area (Å²) in [5.74, 6) is -0.431. The molecule has 0 radical (unpaired) electrons. The molecule has 0 saturated heterocycles. The predicted molar refractivity (Wildman–Crippen MR) is 118 cm³/mol. The molecule has 0 amide bonds. The van der Waals surface area contributed by atoms with Gasteiger partial charge in [-0.2, -0.15) is 13.2 Å². The minimum Gasteiger partial charge on any atom is -0.465 e. The van der Waals surface area contributed by atoms with E-state index in [1.807, 2.05) is 0 Å². The van der Waals surface area contributed by atoms with Crippen LogP contribution in [0.4, 0.5) is 24.5 Å². The van der Waals surface area contributed by atoms with Crippen LogP contribution in [0.15, 0.2) is 53.9 Å². The van der Waals surface area contributed by atoms with Crippen LogP contribution in [0.1, 0.15) is 15.2 Å². The number of esters is 1. The van der Waals surface area contributed by atoms with Gasteiger partial charge in [0.25, 0.3) is 0 Å². The monoisotopic (exact) mass is 486 g/mol. The smallest absolute Gasteiger partial charge is 0.416 e. The number of carbonyl (C=O) groups is 1. The number of thiophene rings is 1. The molecule has 31 heavy (non-hydrogen) atoms. The van der Waals surface area contributed by atoms with Crippen LogP contribution in [0.2, 0.25) is 5.02 Å². The Bertz CT molecular complexity index is 1100. The maximum absolute atomic E-state index is 13.2. The Morgan fingerprint density at radius 1 is 1.06 bits per heavy atom. The minimum atomic E-state index is -4.57. The molecule has 11 heteroatoms. The zero-order valence-corrected chi connectivity index (χ0v) is 18.1. The van der Waals surface area contributed by atoms with Crippen molar-refractivity contribution in [2.45, 2.75) is 6.18 Å². The number of thiocarbonyl (C=S) groups is 1. The highest BCUT2D eigenvalue weighted by Gasteiger charge is 2.31. The molecule has 0 saturated carbocycles. The van der Waals surface area contributed by atoms with Crippen LogP contribution in [0, 0.1) is 0 Å². The van der Waals surface area contributed by atoms with Gasteiger partial charge in [0.1, 0.15) is 0 Å². The van der Waals surface area contributed by atoms with E-state index in [2.05, 4.69) is 10.6 Å². The van der Waals surface area contributed by atoms with Gasteiger partial charge in [0.2, 0.25) is 0 Å². The fourth-order valence-corrected chi connectivity index (χ4v) is 3.54. The third-order valence-electron chi connectivity index (χ3n) is 3.88. The van der Waals surface area contributed by atoms with Gasteiger partial charge >= 0.3 is 12.1 Å². The van der Waals surface area contributed by atoms with E-state index < -0.39 is 17.7 Å². The predicted octanol–water partition coefficient (Wildman–Crippen LogP) is 6.81. The van der Waals surface area contributed by atoms with Crippen molar-refractivity contribution in [1.82, 2.24) is 0 Å². The number of nitrogens with one attached hydrogen (secondary N) is 2. The highest BCUT2D eigenvalue weighted by atomic mass is 35.5. The molecular formula is C20H14ClF3N2O3S2. The Hall–Kier alpha value is -2.82. The van der Waals surface area contributed by atoms with E-state index in [0.717, 1.165) is 29.5 Å². The Balaban J connectivity index is 1.89. The molecule has 0 unspecified atom stereocenters. The molecule has 0 atom stereocenters. The summed E-state index contributed by atoms with van der Waals surface area (Å²) >= 11 is 12.1. The van der Waals surface area contributed by atoms with Crippen molar-refractivity contribution in [3.63, 3.8) is 0 Å². The van der Waals surface area contributed by atoms with Gasteiger partial charge in [-0.3, -0.25) is 0 Å². The number of benzene rings is 2. The Kier molecular flexibility index (Phi) is 7.04. The molecule has 1 aromatic heterocycles. The molecule has 0 aliphatic heterocycles. The Labute approximate surface area is 189 Å². The number of alkyl halides is 3. The first-order chi connectivity index (χ1) is 14.7. The topological polar surface area (TPSA) is 59.6 Å². The second-order valence-electron chi connectivity index (χ2n) is 6.00. The van der Waals surface area contributed by atoms with Crippen LogP contribution in [0.3, 0.4) is 0 Å². The maximum atomic E-state index is 13.2. The summed E-state index contributed by atoms with van der Waals surface area (Å²) in [6, 6.07) is 11.0. The number of halogens is 4. The van der Waals surface area contributed by atoms with Gasteiger partial charge in [-0.1, -0.05) is 11.6 Å². The van der Waals surface area contributed by atoms with E-state index in [1.165, 1.54) is 13.2 Å². The van der Waals surface area contributed by atoms with Crippen LogP contribution in [0.25, 0.3) is 0 Å². The molecule has 3 rings (SSSR count). The lowest BCUT2D eigenvalue weighted by Crippen LogP contribution is -2.20. The molecule has 3 aromatic rings. The highest BCUT2D eigenvalue weighted by Crippen LogP contribution is 2.38. The van der Waals surface area contributed by atoms with Crippen molar-refractivity contribution in [3.8, 4) is 11.5 Å². The molecule has 0 bridgehead atoms. The SMILES string of the molecule is COC(=O)c1sccc1Oc1ccc(C(F)(F)F)cc1NC(=S)Nc1ccc(Cl)cc1. The average Bonchev–Trinajstić information content (AvgIpc) is 3.18. The van der Waals surface area contributed by atoms with Crippen molar-refractivity contribution in [2.75, 3.05) is 17.7 Å². The van der Waals surface area contributed by atoms with E-state index in [1.54, 1.807) is 29.6 Å². The largest absolute Gasteiger partial charge is 0.465 e. The number of anilines is 2. The lowest BCUT2D eigenvalue weighted by Gasteiger charge is -2.17. The molecule has 2 aromatic carbocycles. The van der Waals surface area contributed by atoms with Gasteiger partial charge < -0.3 is 20.1 Å². The minimum absolute atomic E-state index is 0.0324. The van der Waals surface area contributed by atoms with Gasteiger partial charge in [0.15, 0.2) is 21.5 Å². The first kappa shape index (κ1) is 22.9. The van der Waals surface area contributed by atoms with Gasteiger partial charge in [0, 0.05) is 10.7 Å². The lowest BCUT2D eigenvalue weighted by atomic mass is 10.1. The van der Waals surface area contributed by atoms with E-state index >= 15 is 0 Å². The molecule has 0 spiro atoms. The van der Waals surface area contributed by atoms with Gasteiger partial charge in [-0.15, -0.1) is 11.3 Å². The fraction of sp³-hybridized carbons (Fsp3) is 0.100. The van der Waals surface area contributed by atoms with E-state index in [9.17, 15) is 18.0 Å². The average molecular weight is 487 g/mol. The zero-order valence-electron chi connectivity index (χ0n) is 15.7. The first-order valence-corrected chi connectivity index (χ1v) is 10.2. The van der Waals surface area contributed by atoms with E-state index in [-0.39, 0.29) is 27.2 Å². The molecule has 0 fully saturated rings. The van der Waals surface area contributed by atoms with Crippen LogP contribution in [-0.4, -0.2) is 18.2 Å². The van der Waals surface area contributed by atoms with Gasteiger partial charge in [-0.25, -0.2) is 4.79 Å². The summed E-state index contributed by atoms with van der Waals surface area (Å²) in [5, 5.41) is 7.72. The standard InChI is InChI=1S/C20H14ClF3N2O3S2/c1-28-18(27)17-16(8-9-31-17)29-15-7-2-11(20(22,23)24)10-14(15)26-19(30)25-13-5-3-12(21)4-6-13/h2-10H,1H3,(H2,25,26,30). The summed E-state index contributed by atoms with van der Waals surface area (Å²) in [6.45, 7) is 0. The molecule has 2 N–H and O–H groups in total. The van der Waals surface area contributed by atoms with Crippen LogP contribution >= 0.6 is 35.2 Å². The summed E-state index contributed by atoms with van der Waals surface area (Å²) in [4.78, 5) is 12.0. The highest BCUT2D eigenvalue weighted by molar-refractivity contribution is 7.80. The number of rotatable bonds is 5. The second kappa shape index (κ2) is 9.54. The molecule has 5 nitrogen and oxygen atoms in total. The summed E-state index contributed by atoms with van der Waals surface area (Å²) < 4.78 is 50.1. The first-order valence-electron chi connectivity index (χ1n) is 8.56. The lowest BCUT2D eigenvalue weighted by molar-refractivity contribution is -0.137. The normalized spacial score (nSPS) is 11.0. The van der Waals surface area contributed by atoms with Crippen LogP contribution < -0.4 is 15.4 Å². The summed E-state index contributed by atoms with van der Waals surface area (Å²) in [6.07, 6.45) is -4.57. The number of hydrogen-bond acceptors (Lipinski definition) is 5. The third kappa shape index (κ3) is 5.87. The number of hydrogen-bond donors (Lipinski definition) is 2. The summed E-state index contributed by atoms with van der Waals surface area (Å²) in [5.41, 5.74) is -0.347. The van der Waals surface area contributed by atoms with Crippen molar-refractivity contribution in [2.24, 2.45) is 0 Å². The van der Waals surface area contributed by atoms with Crippen LogP contribution in [0.5, 0.6) is 11.5 Å². The number of methoxy groups -OCH3 is 1. The molecule has 0 aliphatic carbocycles. The quantitative estimate of drug-likeness (QED) is 0.305. The van der Waals surface area contributed by atoms with E-state index in [0.29, 0.717) is 10.7 Å². The van der Waals surface area contributed by atoms with Crippen molar-refractivity contribution in [3.05, 3.63) is 69.4 Å². The fourth-order valence-electron chi connectivity index (χ4n) is 2.45.